The molecule has 37 heavy (non-hydrogen) atoms. The van der Waals surface area contributed by atoms with E-state index >= 15 is 0 Å². The van der Waals surface area contributed by atoms with Gasteiger partial charge in [-0.3, -0.25) is 14.4 Å². The number of amides is 2. The Hall–Kier alpha value is -2.71. The van der Waals surface area contributed by atoms with Gasteiger partial charge in [-0.15, -0.1) is 6.58 Å². The molecule has 2 bridgehead atoms. The van der Waals surface area contributed by atoms with Gasteiger partial charge < -0.3 is 24.4 Å². The molecule has 3 fully saturated rings. The second-order valence-electron chi connectivity index (χ2n) is 10.8. The zero-order valence-electron chi connectivity index (χ0n) is 22.5. The molecule has 8 nitrogen and oxygen atoms in total. The fourth-order valence-corrected chi connectivity index (χ4v) is 6.91. The Morgan fingerprint density at radius 3 is 2.57 bits per heavy atom. The minimum absolute atomic E-state index is 0.0783. The van der Waals surface area contributed by atoms with Crippen LogP contribution in [-0.2, 0) is 23.9 Å². The van der Waals surface area contributed by atoms with Crippen LogP contribution in [0, 0.1) is 25.7 Å². The number of aliphatic hydroxyl groups is 1. The average Bonchev–Trinajstić information content (AvgIpc) is 3.41. The lowest BCUT2D eigenvalue weighted by Crippen LogP contribution is -2.56. The van der Waals surface area contributed by atoms with Crippen molar-refractivity contribution in [3.63, 3.8) is 0 Å². The van der Waals surface area contributed by atoms with Crippen LogP contribution >= 0.6 is 0 Å². The monoisotopic (exact) mass is 512 g/mol. The number of carbonyl (C=O) groups is 3. The molecular weight excluding hydrogens is 472 g/mol. The first-order valence-electron chi connectivity index (χ1n) is 13.4. The molecule has 1 aromatic carbocycles. The van der Waals surface area contributed by atoms with Crippen molar-refractivity contribution in [2.45, 2.75) is 77.0 Å². The largest absolute Gasteiger partial charge is 0.466 e. The molecule has 3 aliphatic heterocycles. The van der Waals surface area contributed by atoms with Crippen LogP contribution in [0.25, 0.3) is 0 Å². The molecule has 1 spiro atoms. The number of hydrogen-bond donors (Lipinski definition) is 1. The fraction of sp³-hybridized carbons (Fsp3) is 0.621. The van der Waals surface area contributed by atoms with Crippen LogP contribution in [0.3, 0.4) is 0 Å². The molecule has 2 unspecified atom stereocenters. The maximum absolute atomic E-state index is 14.6. The third kappa shape index (κ3) is 4.38. The highest BCUT2D eigenvalue weighted by Crippen LogP contribution is 2.63. The van der Waals surface area contributed by atoms with Crippen LogP contribution in [0.4, 0.5) is 5.69 Å². The molecule has 2 amide bonds. The number of aliphatic hydroxyl groups excluding tert-OH is 1. The van der Waals surface area contributed by atoms with E-state index in [4.69, 9.17) is 9.47 Å². The van der Waals surface area contributed by atoms with Gasteiger partial charge in [0.15, 0.2) is 0 Å². The summed E-state index contributed by atoms with van der Waals surface area (Å²) in [5.74, 6) is -2.39. The summed E-state index contributed by atoms with van der Waals surface area (Å²) in [4.78, 5) is 45.1. The van der Waals surface area contributed by atoms with E-state index in [9.17, 15) is 19.5 Å². The summed E-state index contributed by atoms with van der Waals surface area (Å²) in [6.45, 7) is 12.4. The van der Waals surface area contributed by atoms with E-state index in [2.05, 4.69) is 6.58 Å². The third-order valence-corrected chi connectivity index (χ3v) is 8.40. The van der Waals surface area contributed by atoms with Crippen LogP contribution in [0.5, 0.6) is 0 Å². The van der Waals surface area contributed by atoms with E-state index in [0.717, 1.165) is 23.2 Å². The maximum atomic E-state index is 14.6. The zero-order chi connectivity index (χ0) is 27.0. The summed E-state index contributed by atoms with van der Waals surface area (Å²) in [6.07, 6.45) is 4.79. The second-order valence-corrected chi connectivity index (χ2v) is 10.8. The number of nitrogens with zero attached hydrogens (tertiary/aromatic N) is 2. The molecule has 0 aliphatic carbocycles. The highest BCUT2D eigenvalue weighted by molar-refractivity contribution is 6.05. The van der Waals surface area contributed by atoms with Gasteiger partial charge in [0.05, 0.1) is 18.1 Å². The molecule has 1 N–H and O–H groups in total. The normalized spacial score (nSPS) is 29.9. The number of ether oxygens (including phenoxy) is 2. The first-order chi connectivity index (χ1) is 17.7. The molecule has 5 atom stereocenters. The molecule has 8 heteroatoms. The van der Waals surface area contributed by atoms with E-state index in [1.807, 2.05) is 39.0 Å². The van der Waals surface area contributed by atoms with E-state index < -0.39 is 35.0 Å². The standard InChI is InChI=1S/C29H40N2O6/c1-6-16-30(23-19(3)12-11-13-20(23)4)26(34)24-29-15-14-28(5,37-29)22(27(35)36-7-2)21(29)25(33)31(24)17-9-8-10-18-32/h6,11-13,21-22,24,32H,1,7-10,14-18H2,2-5H3/t21-,22-,24?,28+,29?/m0/s1. The second kappa shape index (κ2) is 10.6. The molecule has 0 radical (unpaired) electrons. The van der Waals surface area contributed by atoms with Crippen molar-refractivity contribution in [3.8, 4) is 0 Å². The van der Waals surface area contributed by atoms with Gasteiger partial charge in [0.2, 0.25) is 5.91 Å². The molecule has 1 aromatic rings. The molecule has 0 aromatic heterocycles. The Kier molecular flexibility index (Phi) is 7.81. The number of rotatable bonds is 11. The van der Waals surface area contributed by atoms with Crippen molar-refractivity contribution >= 4 is 23.5 Å². The van der Waals surface area contributed by atoms with Gasteiger partial charge in [-0.05, 0) is 70.9 Å². The molecule has 0 saturated carbocycles. The first kappa shape index (κ1) is 27.3. The number of carbonyl (C=O) groups excluding carboxylic acids is 3. The summed E-state index contributed by atoms with van der Waals surface area (Å²) < 4.78 is 12.1. The number of aryl methyl sites for hydroxylation is 2. The lowest BCUT2D eigenvalue weighted by molar-refractivity contribution is -0.159. The molecular formula is C29H40N2O6. The Balaban J connectivity index is 1.79. The summed E-state index contributed by atoms with van der Waals surface area (Å²) >= 11 is 0. The smallest absolute Gasteiger partial charge is 0.312 e. The van der Waals surface area contributed by atoms with Crippen LogP contribution in [0.1, 0.15) is 57.1 Å². The van der Waals surface area contributed by atoms with Crippen LogP contribution in [-0.4, -0.2) is 71.3 Å². The van der Waals surface area contributed by atoms with Gasteiger partial charge in [0.1, 0.15) is 17.6 Å². The zero-order valence-corrected chi connectivity index (χ0v) is 22.5. The number of benzene rings is 1. The third-order valence-electron chi connectivity index (χ3n) is 8.40. The van der Waals surface area contributed by atoms with Gasteiger partial charge in [0, 0.05) is 25.4 Å². The van der Waals surface area contributed by atoms with Crippen molar-refractivity contribution in [3.05, 3.63) is 42.0 Å². The fourth-order valence-electron chi connectivity index (χ4n) is 6.91. The summed E-state index contributed by atoms with van der Waals surface area (Å²) in [5, 5.41) is 9.23. The lowest BCUT2D eigenvalue weighted by Gasteiger charge is -2.37. The summed E-state index contributed by atoms with van der Waals surface area (Å²) in [5.41, 5.74) is 0.774. The van der Waals surface area contributed by atoms with Crippen molar-refractivity contribution in [1.82, 2.24) is 4.90 Å². The Bertz CT molecular complexity index is 1050. The van der Waals surface area contributed by atoms with Gasteiger partial charge in [-0.1, -0.05) is 24.3 Å². The lowest BCUT2D eigenvalue weighted by atomic mass is 9.66. The summed E-state index contributed by atoms with van der Waals surface area (Å²) in [6, 6.07) is 5.03. The van der Waals surface area contributed by atoms with Gasteiger partial charge in [-0.25, -0.2) is 0 Å². The number of likely N-dealkylation sites (tertiary alicyclic amines) is 1. The Labute approximate surface area is 219 Å². The number of fused-ring (bicyclic) bond motifs is 1. The van der Waals surface area contributed by atoms with Crippen LogP contribution < -0.4 is 4.90 Å². The molecule has 3 aliphatic rings. The first-order valence-corrected chi connectivity index (χ1v) is 13.4. The molecule has 3 heterocycles. The van der Waals surface area contributed by atoms with Crippen molar-refractivity contribution < 1.29 is 29.0 Å². The van der Waals surface area contributed by atoms with E-state index in [-0.39, 0.29) is 31.6 Å². The van der Waals surface area contributed by atoms with Crippen molar-refractivity contribution in [1.29, 1.82) is 0 Å². The number of anilines is 1. The predicted octanol–water partition coefficient (Wildman–Crippen LogP) is 3.31. The number of para-hydroxylation sites is 1. The minimum Gasteiger partial charge on any atom is -0.466 e. The molecule has 4 rings (SSSR count). The van der Waals surface area contributed by atoms with Gasteiger partial charge >= 0.3 is 5.97 Å². The van der Waals surface area contributed by atoms with E-state index in [0.29, 0.717) is 32.2 Å². The molecule has 3 saturated heterocycles. The SMILES string of the molecule is C=CCN(C(=O)C1N(CCCCCO)C(=O)[C@@H]2[C@@H](C(=O)OCC)[C@@]3(C)CCC12O3)c1c(C)cccc1C. The van der Waals surface area contributed by atoms with Gasteiger partial charge in [-0.2, -0.15) is 0 Å². The number of esters is 1. The Morgan fingerprint density at radius 2 is 1.95 bits per heavy atom. The topological polar surface area (TPSA) is 96.4 Å². The minimum atomic E-state index is -1.09. The van der Waals surface area contributed by atoms with Crippen molar-refractivity contribution in [2.75, 3.05) is 31.2 Å². The van der Waals surface area contributed by atoms with Crippen molar-refractivity contribution in [2.24, 2.45) is 11.8 Å². The highest BCUT2D eigenvalue weighted by Gasteiger charge is 2.78. The van der Waals surface area contributed by atoms with E-state index in [1.54, 1.807) is 22.8 Å². The highest BCUT2D eigenvalue weighted by atomic mass is 16.6. The van der Waals surface area contributed by atoms with Crippen LogP contribution in [0.2, 0.25) is 0 Å². The molecule has 202 valence electrons. The quantitative estimate of drug-likeness (QED) is 0.278. The predicted molar refractivity (Wildman–Crippen MR) is 140 cm³/mol. The Morgan fingerprint density at radius 1 is 1.24 bits per heavy atom. The number of hydrogen-bond acceptors (Lipinski definition) is 6. The summed E-state index contributed by atoms with van der Waals surface area (Å²) in [7, 11) is 0. The van der Waals surface area contributed by atoms with Gasteiger partial charge in [0.25, 0.3) is 5.91 Å². The van der Waals surface area contributed by atoms with E-state index in [1.165, 1.54) is 0 Å². The van der Waals surface area contributed by atoms with Crippen LogP contribution in [0.15, 0.2) is 30.9 Å². The number of unbranched alkanes of at least 4 members (excludes halogenated alkanes) is 2. The maximum Gasteiger partial charge on any atom is 0.312 e. The average molecular weight is 513 g/mol.